The van der Waals surface area contributed by atoms with Crippen LogP contribution in [-0.4, -0.2) is 21.2 Å². The summed E-state index contributed by atoms with van der Waals surface area (Å²) in [5.74, 6) is 0.701. The minimum Gasteiger partial charge on any atom is -0.319 e. The van der Waals surface area contributed by atoms with E-state index in [-0.39, 0.29) is 12.5 Å². The highest BCUT2D eigenvalue weighted by Crippen LogP contribution is 2.14. The number of aromatic nitrogens is 2. The largest absolute Gasteiger partial charge is 0.319 e. The molecule has 0 fully saturated rings. The van der Waals surface area contributed by atoms with Crippen LogP contribution in [0.3, 0.4) is 0 Å². The van der Waals surface area contributed by atoms with E-state index < -0.39 is 0 Å². The predicted molar refractivity (Wildman–Crippen MR) is 80.6 cm³/mol. The molecular formula is C15H20N4O. The van der Waals surface area contributed by atoms with Crippen molar-refractivity contribution in [3.05, 3.63) is 30.1 Å². The van der Waals surface area contributed by atoms with Crippen molar-refractivity contribution in [3.63, 3.8) is 0 Å². The highest BCUT2D eigenvalue weighted by molar-refractivity contribution is 5.86. The Hall–Kier alpha value is -2.17. The summed E-state index contributed by atoms with van der Waals surface area (Å²) in [6.07, 6.45) is 1.70. The second-order valence-corrected chi connectivity index (χ2v) is 4.65. The summed E-state index contributed by atoms with van der Waals surface area (Å²) in [7, 11) is 0. The number of para-hydroxylation sites is 2. The molecule has 1 aromatic carbocycles. The number of rotatable bonds is 5. The summed E-state index contributed by atoms with van der Waals surface area (Å²) in [6.45, 7) is 6.20. The fourth-order valence-electron chi connectivity index (χ4n) is 2.12. The summed E-state index contributed by atoms with van der Waals surface area (Å²) in [6, 6.07) is 7.80. The Bertz CT molecular complexity index is 636. The molecule has 5 nitrogen and oxygen atoms in total. The number of nitrogens with one attached hydrogen (secondary N) is 1. The summed E-state index contributed by atoms with van der Waals surface area (Å²) in [5, 5.41) is 4.13. The Morgan fingerprint density at radius 3 is 2.70 bits per heavy atom. The molecule has 0 atom stereocenters. The first-order chi connectivity index (χ1) is 9.65. The van der Waals surface area contributed by atoms with Crippen molar-refractivity contribution in [1.29, 1.82) is 0 Å². The van der Waals surface area contributed by atoms with Gasteiger partial charge in [0.2, 0.25) is 0 Å². The number of nitrogens with zero attached hydrogens (tertiary/aromatic N) is 3. The number of hydrogen-bond donors (Lipinski definition) is 1. The number of carbonyl (C=O) groups excluding carboxylic acids is 1. The summed E-state index contributed by atoms with van der Waals surface area (Å²) in [4.78, 5) is 16.4. The van der Waals surface area contributed by atoms with Crippen molar-refractivity contribution in [2.75, 3.05) is 0 Å². The van der Waals surface area contributed by atoms with Crippen LogP contribution in [0.2, 0.25) is 0 Å². The molecule has 1 aromatic heterocycles. The number of fused-ring (bicyclic) bond motifs is 1. The SMILES string of the molecule is CCC(CC)=NNC(=O)Cn1c(C)nc2ccccc21. The maximum Gasteiger partial charge on any atom is 0.260 e. The number of hydrazone groups is 1. The quantitative estimate of drug-likeness (QED) is 0.672. The van der Waals surface area contributed by atoms with Gasteiger partial charge in [-0.2, -0.15) is 5.10 Å². The lowest BCUT2D eigenvalue weighted by molar-refractivity contribution is -0.121. The van der Waals surface area contributed by atoms with Crippen LogP contribution in [0.1, 0.15) is 32.5 Å². The molecule has 20 heavy (non-hydrogen) atoms. The summed E-state index contributed by atoms with van der Waals surface area (Å²) < 4.78 is 1.90. The van der Waals surface area contributed by atoms with E-state index in [1.54, 1.807) is 0 Å². The molecule has 0 aliphatic rings. The molecule has 0 saturated heterocycles. The second-order valence-electron chi connectivity index (χ2n) is 4.65. The number of imidazole rings is 1. The highest BCUT2D eigenvalue weighted by Gasteiger charge is 2.10. The van der Waals surface area contributed by atoms with Gasteiger partial charge in [0, 0.05) is 5.71 Å². The highest BCUT2D eigenvalue weighted by atomic mass is 16.2. The van der Waals surface area contributed by atoms with Gasteiger partial charge in [-0.1, -0.05) is 26.0 Å². The van der Waals surface area contributed by atoms with Gasteiger partial charge in [0.25, 0.3) is 5.91 Å². The molecular weight excluding hydrogens is 252 g/mol. The summed E-state index contributed by atoms with van der Waals surface area (Å²) in [5.41, 5.74) is 5.48. The third-order valence-electron chi connectivity index (χ3n) is 3.30. The van der Waals surface area contributed by atoms with Gasteiger partial charge in [-0.05, 0) is 31.9 Å². The maximum atomic E-state index is 12.0. The lowest BCUT2D eigenvalue weighted by Crippen LogP contribution is -2.24. The van der Waals surface area contributed by atoms with Crippen LogP contribution in [0.5, 0.6) is 0 Å². The standard InChI is InChI=1S/C15H20N4O/c1-4-12(5-2)17-18-15(20)10-19-11(3)16-13-8-6-7-9-14(13)19/h6-9H,4-5,10H2,1-3H3,(H,18,20). The van der Waals surface area contributed by atoms with E-state index in [1.807, 2.05) is 49.6 Å². The third-order valence-corrected chi connectivity index (χ3v) is 3.30. The fourth-order valence-corrected chi connectivity index (χ4v) is 2.12. The normalized spacial score (nSPS) is 10.6. The molecule has 2 rings (SSSR count). The van der Waals surface area contributed by atoms with Crippen LogP contribution >= 0.6 is 0 Å². The number of aryl methyl sites for hydroxylation is 1. The molecule has 1 amide bonds. The van der Waals surface area contributed by atoms with Crippen LogP contribution in [0.15, 0.2) is 29.4 Å². The van der Waals surface area contributed by atoms with Crippen molar-refractivity contribution in [2.24, 2.45) is 5.10 Å². The number of carbonyl (C=O) groups is 1. The zero-order valence-electron chi connectivity index (χ0n) is 12.2. The molecule has 1 heterocycles. The first kappa shape index (κ1) is 14.2. The van der Waals surface area contributed by atoms with Gasteiger partial charge in [-0.15, -0.1) is 0 Å². The number of amides is 1. The fraction of sp³-hybridized carbons (Fsp3) is 0.400. The Morgan fingerprint density at radius 1 is 1.30 bits per heavy atom. The second kappa shape index (κ2) is 6.32. The Morgan fingerprint density at radius 2 is 2.00 bits per heavy atom. The third kappa shape index (κ3) is 3.04. The van der Waals surface area contributed by atoms with E-state index in [1.165, 1.54) is 0 Å². The van der Waals surface area contributed by atoms with Gasteiger partial charge in [0.05, 0.1) is 11.0 Å². The Labute approximate surface area is 118 Å². The van der Waals surface area contributed by atoms with Crippen LogP contribution in [0, 0.1) is 6.92 Å². The van der Waals surface area contributed by atoms with Crippen molar-refractivity contribution in [1.82, 2.24) is 15.0 Å². The molecule has 0 radical (unpaired) electrons. The predicted octanol–water partition coefficient (Wildman–Crippen LogP) is 2.64. The topological polar surface area (TPSA) is 59.3 Å². The minimum atomic E-state index is -0.129. The van der Waals surface area contributed by atoms with E-state index in [4.69, 9.17) is 0 Å². The molecule has 0 bridgehead atoms. The Balaban J connectivity index is 2.14. The molecule has 0 saturated carbocycles. The van der Waals surface area contributed by atoms with Crippen molar-refractivity contribution >= 4 is 22.7 Å². The Kier molecular flexibility index (Phi) is 4.50. The smallest absolute Gasteiger partial charge is 0.260 e. The first-order valence-corrected chi connectivity index (χ1v) is 6.91. The van der Waals surface area contributed by atoms with E-state index in [0.29, 0.717) is 0 Å². The molecule has 0 aliphatic carbocycles. The van der Waals surface area contributed by atoms with Gasteiger partial charge < -0.3 is 4.57 Å². The molecule has 0 unspecified atom stereocenters. The zero-order chi connectivity index (χ0) is 14.5. The van der Waals surface area contributed by atoms with E-state index in [0.717, 1.165) is 35.4 Å². The maximum absolute atomic E-state index is 12.0. The monoisotopic (exact) mass is 272 g/mol. The van der Waals surface area contributed by atoms with E-state index in [2.05, 4.69) is 15.5 Å². The lowest BCUT2D eigenvalue weighted by Gasteiger charge is -2.06. The first-order valence-electron chi connectivity index (χ1n) is 6.91. The van der Waals surface area contributed by atoms with Crippen LogP contribution in [-0.2, 0) is 11.3 Å². The molecule has 106 valence electrons. The van der Waals surface area contributed by atoms with Crippen molar-refractivity contribution < 1.29 is 4.79 Å². The van der Waals surface area contributed by atoms with Crippen molar-refractivity contribution in [3.8, 4) is 0 Å². The summed E-state index contributed by atoms with van der Waals surface area (Å²) >= 11 is 0. The lowest BCUT2D eigenvalue weighted by atomic mass is 10.2. The van der Waals surface area contributed by atoms with Crippen LogP contribution < -0.4 is 5.43 Å². The average Bonchev–Trinajstić information content (AvgIpc) is 2.76. The molecule has 2 aromatic rings. The van der Waals surface area contributed by atoms with E-state index in [9.17, 15) is 4.79 Å². The van der Waals surface area contributed by atoms with Gasteiger partial charge in [0.15, 0.2) is 0 Å². The molecule has 0 aliphatic heterocycles. The molecule has 5 heteroatoms. The van der Waals surface area contributed by atoms with Gasteiger partial charge in [-0.25, -0.2) is 10.4 Å². The van der Waals surface area contributed by atoms with E-state index >= 15 is 0 Å². The number of benzene rings is 1. The molecule has 0 spiro atoms. The van der Waals surface area contributed by atoms with Gasteiger partial charge in [-0.3, -0.25) is 4.79 Å². The average molecular weight is 272 g/mol. The van der Waals surface area contributed by atoms with Crippen LogP contribution in [0.25, 0.3) is 11.0 Å². The number of hydrogen-bond acceptors (Lipinski definition) is 3. The van der Waals surface area contributed by atoms with Crippen molar-refractivity contribution in [2.45, 2.75) is 40.2 Å². The zero-order valence-corrected chi connectivity index (χ0v) is 12.2. The van der Waals surface area contributed by atoms with Crippen LogP contribution in [0.4, 0.5) is 0 Å². The van der Waals surface area contributed by atoms with Gasteiger partial charge in [0.1, 0.15) is 12.4 Å². The minimum absolute atomic E-state index is 0.129. The molecule has 1 N–H and O–H groups in total. The van der Waals surface area contributed by atoms with Gasteiger partial charge >= 0.3 is 0 Å².